The van der Waals surface area contributed by atoms with Crippen LogP contribution in [-0.2, 0) is 9.59 Å². The first-order chi connectivity index (χ1) is 14.7. The first-order valence-corrected chi connectivity index (χ1v) is 10.8. The molecule has 2 aliphatic heterocycles. The van der Waals surface area contributed by atoms with Gasteiger partial charge in [0.15, 0.2) is 0 Å². The number of hydrogen-bond donors (Lipinski definition) is 0. The number of carbonyl (C=O) groups is 2. The van der Waals surface area contributed by atoms with Crippen molar-refractivity contribution in [3.05, 3.63) is 83.9 Å². The molecular formula is C26H28N2O2. The number of benzene rings is 2. The van der Waals surface area contributed by atoms with Crippen LogP contribution in [0.5, 0.6) is 0 Å². The van der Waals surface area contributed by atoms with E-state index in [1.807, 2.05) is 52.3 Å². The van der Waals surface area contributed by atoms with E-state index in [1.165, 1.54) is 11.1 Å². The first-order valence-electron chi connectivity index (χ1n) is 10.8. The third-order valence-corrected chi connectivity index (χ3v) is 6.04. The van der Waals surface area contributed by atoms with E-state index in [0.29, 0.717) is 19.6 Å². The molecule has 2 amide bonds. The molecule has 4 nitrogen and oxygen atoms in total. The lowest BCUT2D eigenvalue weighted by atomic mass is 9.93. The second kappa shape index (κ2) is 9.57. The zero-order valence-corrected chi connectivity index (χ0v) is 17.2. The minimum absolute atomic E-state index is 0.0261. The van der Waals surface area contributed by atoms with Crippen molar-refractivity contribution in [2.75, 3.05) is 26.2 Å². The summed E-state index contributed by atoms with van der Waals surface area (Å²) in [5.74, 6) is 0.294. The highest BCUT2D eigenvalue weighted by Gasteiger charge is 2.30. The number of rotatable bonds is 4. The van der Waals surface area contributed by atoms with E-state index in [2.05, 4.69) is 30.3 Å². The maximum Gasteiger partial charge on any atom is 0.246 e. The van der Waals surface area contributed by atoms with Gasteiger partial charge in [0, 0.05) is 38.2 Å². The standard InChI is InChI=1S/C26H28N2O2/c29-25(12-11-21-7-3-1-4-8-21)27-17-15-24(16-18-27)26(30)28-19-13-23(14-20-28)22-9-5-2-6-10-22/h1-13,24H,14-20H2. The van der Waals surface area contributed by atoms with E-state index < -0.39 is 0 Å². The summed E-state index contributed by atoms with van der Waals surface area (Å²) >= 11 is 0. The molecule has 2 aromatic carbocycles. The highest BCUT2D eigenvalue weighted by Crippen LogP contribution is 2.25. The summed E-state index contributed by atoms with van der Waals surface area (Å²) in [5, 5.41) is 0. The fourth-order valence-corrected chi connectivity index (χ4v) is 4.23. The SMILES string of the molecule is O=C(C=Cc1ccccc1)N1CCC(C(=O)N2CC=C(c3ccccc3)CC2)CC1. The molecule has 4 heteroatoms. The van der Waals surface area contributed by atoms with Gasteiger partial charge < -0.3 is 9.80 Å². The smallest absolute Gasteiger partial charge is 0.246 e. The van der Waals surface area contributed by atoms with Gasteiger partial charge in [-0.05, 0) is 42.0 Å². The Labute approximate surface area is 178 Å². The van der Waals surface area contributed by atoms with Crippen molar-refractivity contribution in [1.29, 1.82) is 0 Å². The van der Waals surface area contributed by atoms with Gasteiger partial charge in [0.05, 0.1) is 0 Å². The van der Waals surface area contributed by atoms with Crippen molar-refractivity contribution in [3.8, 4) is 0 Å². The predicted molar refractivity (Wildman–Crippen MR) is 120 cm³/mol. The molecule has 0 saturated carbocycles. The van der Waals surface area contributed by atoms with Crippen LogP contribution in [0.15, 0.2) is 72.8 Å². The molecule has 0 spiro atoms. The summed E-state index contributed by atoms with van der Waals surface area (Å²) in [6.45, 7) is 2.75. The van der Waals surface area contributed by atoms with Crippen LogP contribution < -0.4 is 0 Å². The Kier molecular flexibility index (Phi) is 6.43. The van der Waals surface area contributed by atoms with Gasteiger partial charge in [-0.3, -0.25) is 9.59 Å². The molecule has 0 unspecified atom stereocenters. The molecule has 1 saturated heterocycles. The van der Waals surface area contributed by atoms with Crippen LogP contribution in [0.2, 0.25) is 0 Å². The third kappa shape index (κ3) is 4.88. The summed E-state index contributed by atoms with van der Waals surface area (Å²) in [5.41, 5.74) is 3.59. The Hall–Kier alpha value is -3.14. The number of piperidine rings is 1. The second-order valence-electron chi connectivity index (χ2n) is 7.97. The molecule has 0 bridgehead atoms. The van der Waals surface area contributed by atoms with Crippen LogP contribution in [0.4, 0.5) is 0 Å². The van der Waals surface area contributed by atoms with Crippen LogP contribution in [0.3, 0.4) is 0 Å². The molecule has 2 aromatic rings. The van der Waals surface area contributed by atoms with Crippen LogP contribution in [-0.4, -0.2) is 47.8 Å². The summed E-state index contributed by atoms with van der Waals surface area (Å²) in [6, 6.07) is 20.2. The molecule has 4 rings (SSSR count). The molecule has 30 heavy (non-hydrogen) atoms. The van der Waals surface area contributed by atoms with E-state index >= 15 is 0 Å². The zero-order chi connectivity index (χ0) is 20.8. The molecule has 0 N–H and O–H groups in total. The minimum atomic E-state index is 0.0261. The Balaban J connectivity index is 1.27. The Morgan fingerprint density at radius 2 is 1.50 bits per heavy atom. The van der Waals surface area contributed by atoms with Crippen LogP contribution in [0, 0.1) is 5.92 Å². The van der Waals surface area contributed by atoms with Gasteiger partial charge >= 0.3 is 0 Å². The van der Waals surface area contributed by atoms with E-state index in [-0.39, 0.29) is 17.7 Å². The predicted octanol–water partition coefficient (Wildman–Crippen LogP) is 4.25. The Morgan fingerprint density at radius 3 is 2.13 bits per heavy atom. The number of nitrogens with zero attached hydrogens (tertiary/aromatic N) is 2. The van der Waals surface area contributed by atoms with Gasteiger partial charge in [-0.1, -0.05) is 66.7 Å². The number of likely N-dealkylation sites (tertiary alicyclic amines) is 1. The first kappa shape index (κ1) is 20.1. The van der Waals surface area contributed by atoms with Crippen LogP contribution >= 0.6 is 0 Å². The van der Waals surface area contributed by atoms with Gasteiger partial charge in [0.1, 0.15) is 0 Å². The summed E-state index contributed by atoms with van der Waals surface area (Å²) in [4.78, 5) is 29.2. The van der Waals surface area contributed by atoms with E-state index in [9.17, 15) is 9.59 Å². The fourth-order valence-electron chi connectivity index (χ4n) is 4.23. The lowest BCUT2D eigenvalue weighted by Crippen LogP contribution is -2.45. The summed E-state index contributed by atoms with van der Waals surface area (Å²) in [6.07, 6.45) is 8.06. The molecule has 2 aliphatic rings. The van der Waals surface area contributed by atoms with Crippen LogP contribution in [0.25, 0.3) is 11.6 Å². The molecular weight excluding hydrogens is 372 g/mol. The summed E-state index contributed by atoms with van der Waals surface area (Å²) in [7, 11) is 0. The summed E-state index contributed by atoms with van der Waals surface area (Å²) < 4.78 is 0. The van der Waals surface area contributed by atoms with Gasteiger partial charge in [0.2, 0.25) is 11.8 Å². The van der Waals surface area contributed by atoms with Crippen molar-refractivity contribution in [3.63, 3.8) is 0 Å². The normalized spacial score (nSPS) is 17.8. The number of carbonyl (C=O) groups excluding carboxylic acids is 2. The molecule has 0 aromatic heterocycles. The maximum absolute atomic E-state index is 13.0. The van der Waals surface area contributed by atoms with Gasteiger partial charge in [0.25, 0.3) is 0 Å². The zero-order valence-electron chi connectivity index (χ0n) is 17.2. The molecule has 0 radical (unpaired) electrons. The minimum Gasteiger partial charge on any atom is -0.339 e. The average Bonchev–Trinajstić information content (AvgIpc) is 2.83. The molecule has 1 fully saturated rings. The number of hydrogen-bond acceptors (Lipinski definition) is 2. The van der Waals surface area contributed by atoms with E-state index in [4.69, 9.17) is 0 Å². The van der Waals surface area contributed by atoms with Gasteiger partial charge in [-0.25, -0.2) is 0 Å². The molecule has 154 valence electrons. The largest absolute Gasteiger partial charge is 0.339 e. The van der Waals surface area contributed by atoms with Crippen molar-refractivity contribution in [2.45, 2.75) is 19.3 Å². The van der Waals surface area contributed by atoms with Crippen molar-refractivity contribution >= 4 is 23.5 Å². The van der Waals surface area contributed by atoms with Gasteiger partial charge in [-0.15, -0.1) is 0 Å². The monoisotopic (exact) mass is 400 g/mol. The van der Waals surface area contributed by atoms with Crippen LogP contribution in [0.1, 0.15) is 30.4 Å². The third-order valence-electron chi connectivity index (χ3n) is 6.04. The Bertz CT molecular complexity index is 926. The Morgan fingerprint density at radius 1 is 0.833 bits per heavy atom. The lowest BCUT2D eigenvalue weighted by Gasteiger charge is -2.35. The highest BCUT2D eigenvalue weighted by atomic mass is 16.2. The van der Waals surface area contributed by atoms with E-state index in [0.717, 1.165) is 31.4 Å². The van der Waals surface area contributed by atoms with Crippen molar-refractivity contribution in [1.82, 2.24) is 9.80 Å². The molecule has 0 atom stereocenters. The van der Waals surface area contributed by atoms with Crippen molar-refractivity contribution in [2.24, 2.45) is 5.92 Å². The topological polar surface area (TPSA) is 40.6 Å². The second-order valence-corrected chi connectivity index (χ2v) is 7.97. The highest BCUT2D eigenvalue weighted by molar-refractivity contribution is 5.92. The molecule has 2 heterocycles. The molecule has 0 aliphatic carbocycles. The number of amides is 2. The van der Waals surface area contributed by atoms with E-state index in [1.54, 1.807) is 6.08 Å². The maximum atomic E-state index is 13.0. The van der Waals surface area contributed by atoms with Gasteiger partial charge in [-0.2, -0.15) is 0 Å². The fraction of sp³-hybridized carbons (Fsp3) is 0.308. The van der Waals surface area contributed by atoms with Crippen molar-refractivity contribution < 1.29 is 9.59 Å². The quantitative estimate of drug-likeness (QED) is 0.720. The average molecular weight is 401 g/mol. The lowest BCUT2D eigenvalue weighted by molar-refractivity contribution is -0.139.